The van der Waals surface area contributed by atoms with Gasteiger partial charge in [-0.1, -0.05) is 29.5 Å². The molecule has 3 N–H and O–H groups in total. The number of hydrogen-bond donors (Lipinski definition) is 2. The number of ether oxygens (including phenoxy) is 2. The molecule has 0 unspecified atom stereocenters. The standard InChI is InChI=1S/C24H32N4O5S/c1-32-21-9-5-20(6-10-21)18-27-28-26-15-3-2-4-19-7-11-22(12-8-19)34(30,31)24(23(25)29)13-16-33-17-14-24/h5-12H,2-4,13-18H2,1H3,(H2,25,29)(H,26,27). The predicted molar refractivity (Wildman–Crippen MR) is 128 cm³/mol. The molecule has 0 atom stereocenters. The van der Waals surface area contributed by atoms with E-state index < -0.39 is 20.5 Å². The van der Waals surface area contributed by atoms with Gasteiger partial charge < -0.3 is 15.2 Å². The lowest BCUT2D eigenvalue weighted by atomic mass is 9.98. The van der Waals surface area contributed by atoms with E-state index in [1.807, 2.05) is 24.3 Å². The Morgan fingerprint density at radius 2 is 1.71 bits per heavy atom. The molecule has 1 heterocycles. The number of unbranched alkanes of at least 4 members (excludes halogenated alkanes) is 1. The summed E-state index contributed by atoms with van der Waals surface area (Å²) in [5, 5.41) is 8.11. The van der Waals surface area contributed by atoms with Crippen LogP contribution >= 0.6 is 0 Å². The van der Waals surface area contributed by atoms with E-state index in [2.05, 4.69) is 15.8 Å². The van der Waals surface area contributed by atoms with Gasteiger partial charge in [0, 0.05) is 19.8 Å². The lowest BCUT2D eigenvalue weighted by Gasteiger charge is -2.33. The summed E-state index contributed by atoms with van der Waals surface area (Å²) in [5.74, 6) is -0.00231. The molecule has 1 aliphatic rings. The molecule has 0 bridgehead atoms. The minimum atomic E-state index is -3.90. The van der Waals surface area contributed by atoms with Crippen molar-refractivity contribution in [3.63, 3.8) is 0 Å². The first-order valence-electron chi connectivity index (χ1n) is 11.3. The van der Waals surface area contributed by atoms with Crippen molar-refractivity contribution in [2.45, 2.75) is 48.3 Å². The van der Waals surface area contributed by atoms with Crippen molar-refractivity contribution >= 4 is 15.7 Å². The number of amides is 1. The van der Waals surface area contributed by atoms with Crippen molar-refractivity contribution in [2.24, 2.45) is 16.1 Å². The highest BCUT2D eigenvalue weighted by Gasteiger charge is 2.50. The molecule has 9 nitrogen and oxygen atoms in total. The average molecular weight is 489 g/mol. The number of sulfone groups is 1. The maximum atomic E-state index is 13.2. The highest BCUT2D eigenvalue weighted by molar-refractivity contribution is 7.93. The Morgan fingerprint density at radius 1 is 1.06 bits per heavy atom. The molecule has 0 radical (unpaired) electrons. The summed E-state index contributed by atoms with van der Waals surface area (Å²) < 4.78 is 35.1. The van der Waals surface area contributed by atoms with Crippen LogP contribution in [0.5, 0.6) is 5.75 Å². The zero-order valence-electron chi connectivity index (χ0n) is 19.4. The Balaban J connectivity index is 1.42. The van der Waals surface area contributed by atoms with Gasteiger partial charge in [-0.05, 0) is 67.5 Å². The van der Waals surface area contributed by atoms with Gasteiger partial charge in [-0.15, -0.1) is 0 Å². The highest BCUT2D eigenvalue weighted by Crippen LogP contribution is 2.34. The average Bonchev–Trinajstić information content (AvgIpc) is 2.86. The molecule has 3 rings (SSSR count). The third-order valence-corrected chi connectivity index (χ3v) is 8.59. The van der Waals surface area contributed by atoms with Gasteiger partial charge in [0.2, 0.25) is 5.91 Å². The lowest BCUT2D eigenvalue weighted by Crippen LogP contribution is -2.53. The lowest BCUT2D eigenvalue weighted by molar-refractivity contribution is -0.122. The van der Waals surface area contributed by atoms with E-state index in [1.165, 1.54) is 0 Å². The monoisotopic (exact) mass is 488 g/mol. The zero-order chi connectivity index (χ0) is 24.4. The number of benzene rings is 2. The minimum absolute atomic E-state index is 0.0802. The van der Waals surface area contributed by atoms with Gasteiger partial charge in [-0.2, -0.15) is 5.11 Å². The zero-order valence-corrected chi connectivity index (χ0v) is 20.2. The van der Waals surface area contributed by atoms with E-state index in [1.54, 1.807) is 31.4 Å². The third kappa shape index (κ3) is 6.12. The molecule has 2 aromatic rings. The van der Waals surface area contributed by atoms with Crippen molar-refractivity contribution in [1.29, 1.82) is 0 Å². The first kappa shape index (κ1) is 25.6. The molecule has 1 aliphatic heterocycles. The number of methoxy groups -OCH3 is 1. The Bertz CT molecular complexity index is 1060. The van der Waals surface area contributed by atoms with Gasteiger partial charge in [0.15, 0.2) is 14.6 Å². The van der Waals surface area contributed by atoms with Crippen LogP contribution in [-0.4, -0.2) is 45.9 Å². The number of carbonyl (C=O) groups is 1. The highest BCUT2D eigenvalue weighted by atomic mass is 32.2. The molecule has 0 saturated carbocycles. The number of hydrogen-bond acceptors (Lipinski definition) is 7. The molecule has 0 spiro atoms. The fraction of sp³-hybridized carbons (Fsp3) is 0.458. The Hall–Kier alpha value is -2.98. The summed E-state index contributed by atoms with van der Waals surface area (Å²) in [4.78, 5) is 12.2. The molecule has 184 valence electrons. The first-order chi connectivity index (χ1) is 16.4. The summed E-state index contributed by atoms with van der Waals surface area (Å²) in [5.41, 5.74) is 10.5. The first-order valence-corrected chi connectivity index (χ1v) is 12.8. The number of nitrogens with two attached hydrogens (primary N) is 1. The van der Waals surface area contributed by atoms with E-state index in [9.17, 15) is 13.2 Å². The van der Waals surface area contributed by atoms with Gasteiger partial charge in [0.1, 0.15) is 5.75 Å². The molecule has 2 aromatic carbocycles. The topological polar surface area (TPSA) is 132 Å². The second-order valence-electron chi connectivity index (χ2n) is 8.23. The molecule has 1 fully saturated rings. The van der Waals surface area contributed by atoms with Crippen LogP contribution in [0.3, 0.4) is 0 Å². The van der Waals surface area contributed by atoms with Crippen LogP contribution < -0.4 is 15.9 Å². The van der Waals surface area contributed by atoms with Crippen LogP contribution in [0.2, 0.25) is 0 Å². The fourth-order valence-corrected chi connectivity index (χ4v) is 5.81. The Kier molecular flexibility index (Phi) is 9.00. The third-order valence-electron chi connectivity index (χ3n) is 6.06. The summed E-state index contributed by atoms with van der Waals surface area (Å²) in [7, 11) is -2.26. The molecule has 1 amide bonds. The van der Waals surface area contributed by atoms with Crippen LogP contribution in [-0.2, 0) is 32.3 Å². The van der Waals surface area contributed by atoms with Gasteiger partial charge in [0.05, 0.1) is 18.6 Å². The summed E-state index contributed by atoms with van der Waals surface area (Å²) >= 11 is 0. The van der Waals surface area contributed by atoms with Gasteiger partial charge >= 0.3 is 0 Å². The van der Waals surface area contributed by atoms with Gasteiger partial charge in [-0.3, -0.25) is 10.2 Å². The van der Waals surface area contributed by atoms with Crippen molar-refractivity contribution < 1.29 is 22.7 Å². The maximum absolute atomic E-state index is 13.2. The molecule has 10 heteroatoms. The van der Waals surface area contributed by atoms with Crippen LogP contribution in [0, 0.1) is 0 Å². The second-order valence-corrected chi connectivity index (χ2v) is 10.5. The smallest absolute Gasteiger partial charge is 0.239 e. The van der Waals surface area contributed by atoms with Crippen molar-refractivity contribution in [2.75, 3.05) is 26.9 Å². The largest absolute Gasteiger partial charge is 0.497 e. The summed E-state index contributed by atoms with van der Waals surface area (Å²) in [6.07, 6.45) is 2.77. The SMILES string of the molecule is COc1ccc(CN=NNCCCCc2ccc(S(=O)(=O)C3(C(N)=O)CCOCC3)cc2)cc1. The van der Waals surface area contributed by atoms with E-state index >= 15 is 0 Å². The number of rotatable bonds is 12. The number of aryl methyl sites for hydroxylation is 1. The fourth-order valence-electron chi connectivity index (χ4n) is 3.89. The Morgan fingerprint density at radius 3 is 2.32 bits per heavy atom. The van der Waals surface area contributed by atoms with Gasteiger partial charge in [0.25, 0.3) is 0 Å². The van der Waals surface area contributed by atoms with Crippen molar-refractivity contribution in [3.8, 4) is 5.75 Å². The van der Waals surface area contributed by atoms with Crippen molar-refractivity contribution in [3.05, 3.63) is 59.7 Å². The van der Waals surface area contributed by atoms with Crippen LogP contribution in [0.25, 0.3) is 0 Å². The predicted octanol–water partition coefficient (Wildman–Crippen LogP) is 2.98. The van der Waals surface area contributed by atoms with Gasteiger partial charge in [-0.25, -0.2) is 8.42 Å². The number of nitrogens with zero attached hydrogens (tertiary/aromatic N) is 2. The molecule has 1 saturated heterocycles. The second kappa shape index (κ2) is 11.9. The maximum Gasteiger partial charge on any atom is 0.239 e. The van der Waals surface area contributed by atoms with E-state index in [0.717, 1.165) is 36.1 Å². The molecular weight excluding hydrogens is 456 g/mol. The molecule has 0 aliphatic carbocycles. The molecular formula is C24H32N4O5S. The number of carbonyl (C=O) groups excluding carboxylic acids is 1. The van der Waals surface area contributed by atoms with E-state index in [-0.39, 0.29) is 31.0 Å². The molecule has 34 heavy (non-hydrogen) atoms. The number of primary amides is 1. The van der Waals surface area contributed by atoms with E-state index in [0.29, 0.717) is 13.1 Å². The number of nitrogens with one attached hydrogen (secondary N) is 1. The normalized spacial score (nSPS) is 15.8. The minimum Gasteiger partial charge on any atom is -0.497 e. The quantitative estimate of drug-likeness (QED) is 0.268. The van der Waals surface area contributed by atoms with Crippen molar-refractivity contribution in [1.82, 2.24) is 5.43 Å². The van der Waals surface area contributed by atoms with E-state index in [4.69, 9.17) is 15.2 Å². The van der Waals surface area contributed by atoms with Crippen LogP contribution in [0.4, 0.5) is 0 Å². The van der Waals surface area contributed by atoms with Crippen LogP contribution in [0.1, 0.15) is 36.8 Å². The summed E-state index contributed by atoms with van der Waals surface area (Å²) in [6, 6.07) is 14.4. The van der Waals surface area contributed by atoms with Crippen LogP contribution in [0.15, 0.2) is 63.8 Å². The molecule has 0 aromatic heterocycles. The summed E-state index contributed by atoms with van der Waals surface area (Å²) in [6.45, 7) is 1.60. The Labute approximate surface area is 200 Å².